The molecule has 1 atom stereocenters. The molecule has 0 aromatic heterocycles. The number of hydrogen-bond acceptors (Lipinski definition) is 3. The molecule has 0 saturated heterocycles. The van der Waals surface area contributed by atoms with Crippen molar-refractivity contribution in [3.05, 3.63) is 71.8 Å². The predicted molar refractivity (Wildman–Crippen MR) is 88.5 cm³/mol. The summed E-state index contributed by atoms with van der Waals surface area (Å²) in [5.74, 6) is -2.07. The lowest BCUT2D eigenvalue weighted by Crippen LogP contribution is -2.49. The second-order valence-electron chi connectivity index (χ2n) is 5.19. The highest BCUT2D eigenvalue weighted by atomic mass is 16.4. The Morgan fingerprint density at radius 3 is 2.08 bits per heavy atom. The summed E-state index contributed by atoms with van der Waals surface area (Å²) >= 11 is 0. The van der Waals surface area contributed by atoms with Crippen LogP contribution >= 0.6 is 0 Å². The lowest BCUT2D eigenvalue weighted by Gasteiger charge is -2.18. The van der Waals surface area contributed by atoms with Crippen molar-refractivity contribution in [3.8, 4) is 0 Å². The third-order valence-corrected chi connectivity index (χ3v) is 3.35. The van der Waals surface area contributed by atoms with E-state index in [1.165, 1.54) is 0 Å². The molecule has 0 aliphatic heterocycles. The van der Waals surface area contributed by atoms with Gasteiger partial charge in [0.1, 0.15) is 12.6 Å². The molecule has 2 aromatic carbocycles. The maximum Gasteiger partial charge on any atom is 0.322 e. The van der Waals surface area contributed by atoms with Crippen LogP contribution in [-0.2, 0) is 16.0 Å². The number of nitrogens with one attached hydrogen (secondary N) is 2. The van der Waals surface area contributed by atoms with Crippen LogP contribution in [0.4, 0.5) is 0 Å². The lowest BCUT2D eigenvalue weighted by atomic mass is 10.0. The monoisotopic (exact) mass is 326 g/mol. The van der Waals surface area contributed by atoms with Gasteiger partial charge < -0.3 is 15.7 Å². The van der Waals surface area contributed by atoms with E-state index in [-0.39, 0.29) is 12.3 Å². The molecular weight excluding hydrogens is 308 g/mol. The van der Waals surface area contributed by atoms with Crippen molar-refractivity contribution >= 4 is 17.8 Å². The van der Waals surface area contributed by atoms with Crippen molar-refractivity contribution < 1.29 is 19.5 Å². The second-order valence-corrected chi connectivity index (χ2v) is 5.19. The van der Waals surface area contributed by atoms with Gasteiger partial charge in [-0.1, -0.05) is 48.5 Å². The van der Waals surface area contributed by atoms with E-state index in [2.05, 4.69) is 10.6 Å². The summed E-state index contributed by atoms with van der Waals surface area (Å²) < 4.78 is 0. The average molecular weight is 326 g/mol. The Hall–Kier alpha value is -3.15. The van der Waals surface area contributed by atoms with Crippen LogP contribution in [0.1, 0.15) is 15.9 Å². The summed E-state index contributed by atoms with van der Waals surface area (Å²) in [5.41, 5.74) is 1.29. The number of rotatable bonds is 7. The normalized spacial score (nSPS) is 11.3. The van der Waals surface area contributed by atoms with Crippen LogP contribution in [0.2, 0.25) is 0 Å². The summed E-state index contributed by atoms with van der Waals surface area (Å²) in [7, 11) is 0. The number of hydrogen-bond donors (Lipinski definition) is 3. The van der Waals surface area contributed by atoms with E-state index in [1.54, 1.807) is 30.3 Å². The Bertz CT molecular complexity index is 701. The molecule has 24 heavy (non-hydrogen) atoms. The molecule has 0 aliphatic rings. The molecule has 2 rings (SSSR count). The Kier molecular flexibility index (Phi) is 6.08. The molecule has 0 radical (unpaired) electrons. The number of carboxylic acids is 1. The van der Waals surface area contributed by atoms with Gasteiger partial charge in [-0.15, -0.1) is 0 Å². The molecule has 6 nitrogen and oxygen atoms in total. The predicted octanol–water partition coefficient (Wildman–Crippen LogP) is 1.23. The molecule has 0 saturated carbocycles. The van der Waals surface area contributed by atoms with Crippen molar-refractivity contribution in [2.45, 2.75) is 12.5 Å². The van der Waals surface area contributed by atoms with Crippen molar-refractivity contribution in [1.82, 2.24) is 10.6 Å². The fraction of sp³-hybridized carbons (Fsp3) is 0.167. The molecule has 2 aromatic rings. The molecule has 0 fully saturated rings. The van der Waals surface area contributed by atoms with Gasteiger partial charge in [0.25, 0.3) is 5.91 Å². The summed E-state index contributed by atoms with van der Waals surface area (Å²) in [6.45, 7) is -0.495. The Morgan fingerprint density at radius 1 is 0.917 bits per heavy atom. The van der Waals surface area contributed by atoms with E-state index in [0.717, 1.165) is 5.56 Å². The van der Waals surface area contributed by atoms with E-state index in [4.69, 9.17) is 5.11 Å². The summed E-state index contributed by atoms with van der Waals surface area (Å²) in [4.78, 5) is 35.1. The van der Waals surface area contributed by atoms with E-state index in [9.17, 15) is 14.4 Å². The quantitative estimate of drug-likeness (QED) is 0.713. The zero-order chi connectivity index (χ0) is 17.4. The first-order chi connectivity index (χ1) is 11.6. The van der Waals surface area contributed by atoms with Gasteiger partial charge in [-0.2, -0.15) is 0 Å². The molecular formula is C18H18N2O4. The molecule has 0 unspecified atom stereocenters. The number of carboxylic acid groups (broad SMARTS) is 1. The fourth-order valence-corrected chi connectivity index (χ4v) is 2.18. The van der Waals surface area contributed by atoms with E-state index < -0.39 is 24.5 Å². The first-order valence-electron chi connectivity index (χ1n) is 7.45. The van der Waals surface area contributed by atoms with Gasteiger partial charge in [0.05, 0.1) is 0 Å². The molecule has 0 bridgehead atoms. The minimum atomic E-state index is -1.14. The Labute approximate surface area is 139 Å². The maximum atomic E-state index is 12.3. The largest absolute Gasteiger partial charge is 0.480 e. The number of carbonyl (C=O) groups is 3. The van der Waals surface area contributed by atoms with E-state index in [0.29, 0.717) is 5.56 Å². The van der Waals surface area contributed by atoms with Crippen molar-refractivity contribution in [2.75, 3.05) is 6.54 Å². The zero-order valence-electron chi connectivity index (χ0n) is 12.9. The summed E-state index contributed by atoms with van der Waals surface area (Å²) in [5, 5.41) is 13.7. The van der Waals surface area contributed by atoms with Crippen molar-refractivity contribution in [3.63, 3.8) is 0 Å². The fourth-order valence-electron chi connectivity index (χ4n) is 2.18. The molecule has 0 spiro atoms. The average Bonchev–Trinajstić information content (AvgIpc) is 2.60. The third kappa shape index (κ3) is 5.24. The molecule has 0 aliphatic carbocycles. The van der Waals surface area contributed by atoms with Gasteiger partial charge in [-0.05, 0) is 17.7 Å². The van der Waals surface area contributed by atoms with Gasteiger partial charge in [-0.25, -0.2) is 0 Å². The highest BCUT2D eigenvalue weighted by Crippen LogP contribution is 2.05. The number of benzene rings is 2. The van der Waals surface area contributed by atoms with Gasteiger partial charge in [0.15, 0.2) is 0 Å². The van der Waals surface area contributed by atoms with Crippen LogP contribution in [0.5, 0.6) is 0 Å². The minimum Gasteiger partial charge on any atom is -0.480 e. The lowest BCUT2D eigenvalue weighted by molar-refractivity contribution is -0.138. The van der Waals surface area contributed by atoms with Gasteiger partial charge in [0.2, 0.25) is 5.91 Å². The van der Waals surface area contributed by atoms with Crippen LogP contribution in [0.3, 0.4) is 0 Å². The number of aliphatic carboxylic acids is 1. The maximum absolute atomic E-state index is 12.3. The smallest absolute Gasteiger partial charge is 0.322 e. The molecule has 124 valence electrons. The second kappa shape index (κ2) is 8.47. The van der Waals surface area contributed by atoms with Crippen molar-refractivity contribution in [1.29, 1.82) is 0 Å². The number of carbonyl (C=O) groups excluding carboxylic acids is 2. The molecule has 3 N–H and O–H groups in total. The van der Waals surface area contributed by atoms with Crippen LogP contribution in [-0.4, -0.2) is 35.5 Å². The van der Waals surface area contributed by atoms with Gasteiger partial charge >= 0.3 is 5.97 Å². The Balaban J connectivity index is 2.11. The van der Waals surface area contributed by atoms with Crippen molar-refractivity contribution in [2.24, 2.45) is 0 Å². The highest BCUT2D eigenvalue weighted by Gasteiger charge is 2.22. The minimum absolute atomic E-state index is 0.269. The molecule has 0 heterocycles. The first kappa shape index (κ1) is 17.2. The van der Waals surface area contributed by atoms with Crippen LogP contribution < -0.4 is 10.6 Å². The molecule has 2 amide bonds. The summed E-state index contributed by atoms with van der Waals surface area (Å²) in [6, 6.07) is 16.9. The first-order valence-corrected chi connectivity index (χ1v) is 7.45. The zero-order valence-corrected chi connectivity index (χ0v) is 12.9. The van der Waals surface area contributed by atoms with Crippen LogP contribution in [0.15, 0.2) is 60.7 Å². The van der Waals surface area contributed by atoms with E-state index in [1.807, 2.05) is 30.3 Å². The van der Waals surface area contributed by atoms with Crippen LogP contribution in [0.25, 0.3) is 0 Å². The van der Waals surface area contributed by atoms with Gasteiger partial charge in [0, 0.05) is 12.0 Å². The third-order valence-electron chi connectivity index (χ3n) is 3.35. The number of amides is 2. The molecule has 6 heteroatoms. The highest BCUT2D eigenvalue weighted by molar-refractivity contribution is 5.97. The SMILES string of the molecule is O=C(O)CNC(=O)[C@H](Cc1ccccc1)NC(=O)c1ccccc1. The Morgan fingerprint density at radius 2 is 1.50 bits per heavy atom. The van der Waals surface area contributed by atoms with E-state index >= 15 is 0 Å². The van der Waals surface area contributed by atoms with Gasteiger partial charge in [-0.3, -0.25) is 14.4 Å². The standard InChI is InChI=1S/C18H18N2O4/c21-16(22)12-19-18(24)15(11-13-7-3-1-4-8-13)20-17(23)14-9-5-2-6-10-14/h1-10,15H,11-12H2,(H,19,24)(H,20,23)(H,21,22)/t15-/m0/s1. The van der Waals surface area contributed by atoms with Crippen LogP contribution in [0, 0.1) is 0 Å². The summed E-state index contributed by atoms with van der Waals surface area (Å²) in [6.07, 6.45) is 0.269. The topological polar surface area (TPSA) is 95.5 Å².